The number of hydrogen-bond acceptors (Lipinski definition) is 5. The zero-order chi connectivity index (χ0) is 21.0. The van der Waals surface area contributed by atoms with Crippen LogP contribution in [0.25, 0.3) is 0 Å². The number of likely N-dealkylation sites (N-methyl/N-ethyl adjacent to an activating group) is 1. The van der Waals surface area contributed by atoms with Gasteiger partial charge in [-0.2, -0.15) is 0 Å². The van der Waals surface area contributed by atoms with Crippen molar-refractivity contribution in [2.24, 2.45) is 0 Å². The number of nitrogens with one attached hydrogen (secondary N) is 1. The van der Waals surface area contributed by atoms with Gasteiger partial charge in [-0.25, -0.2) is 13.1 Å². The van der Waals surface area contributed by atoms with Gasteiger partial charge in [0.15, 0.2) is 0 Å². The molecule has 0 unspecified atom stereocenters. The van der Waals surface area contributed by atoms with Crippen LogP contribution in [0.4, 0.5) is 11.4 Å². The average Bonchev–Trinajstić information content (AvgIpc) is 3.04. The Bertz CT molecular complexity index is 970. The van der Waals surface area contributed by atoms with E-state index in [1.54, 1.807) is 0 Å². The Labute approximate surface area is 171 Å². The van der Waals surface area contributed by atoms with Gasteiger partial charge < -0.3 is 4.90 Å². The minimum atomic E-state index is -3.69. The molecule has 2 aromatic carbocycles. The number of carbonyl (C=O) groups is 2. The van der Waals surface area contributed by atoms with Crippen molar-refractivity contribution >= 4 is 33.2 Å². The Balaban J connectivity index is 1.62. The molecule has 1 N–H and O–H groups in total. The predicted molar refractivity (Wildman–Crippen MR) is 112 cm³/mol. The summed E-state index contributed by atoms with van der Waals surface area (Å²) in [6.07, 6.45) is 0.380. The molecule has 0 aliphatic carbocycles. The summed E-state index contributed by atoms with van der Waals surface area (Å²) in [5, 5.41) is 0. The van der Waals surface area contributed by atoms with E-state index in [2.05, 4.69) is 9.62 Å². The maximum Gasteiger partial charge on any atom is 0.240 e. The normalized spacial score (nSPS) is 14.5. The Morgan fingerprint density at radius 3 is 2.10 bits per heavy atom. The maximum absolute atomic E-state index is 12.6. The molecule has 3 rings (SSSR count). The zero-order valence-electron chi connectivity index (χ0n) is 16.6. The molecule has 7 nitrogen and oxygen atoms in total. The minimum absolute atomic E-state index is 0.0960. The molecule has 154 valence electrons. The molecule has 8 heteroatoms. The molecule has 0 radical (unpaired) electrons. The summed E-state index contributed by atoms with van der Waals surface area (Å²) in [5.41, 5.74) is 2.61. The molecule has 1 heterocycles. The van der Waals surface area contributed by atoms with Crippen LogP contribution in [0.2, 0.25) is 0 Å². The Morgan fingerprint density at radius 1 is 0.966 bits per heavy atom. The number of nitrogens with zero attached hydrogens (tertiary/aromatic N) is 2. The lowest BCUT2D eigenvalue weighted by Crippen LogP contribution is -2.35. The van der Waals surface area contributed by atoms with E-state index in [0.717, 1.165) is 17.1 Å². The Hall–Kier alpha value is -2.71. The van der Waals surface area contributed by atoms with Crippen LogP contribution >= 0.6 is 0 Å². The summed E-state index contributed by atoms with van der Waals surface area (Å²) in [6, 6.07) is 13.9. The second-order valence-electron chi connectivity index (χ2n) is 6.93. The van der Waals surface area contributed by atoms with Crippen LogP contribution in [0.5, 0.6) is 0 Å². The van der Waals surface area contributed by atoms with Gasteiger partial charge in [0.1, 0.15) is 0 Å². The number of carbonyl (C=O) groups excluding carboxylic acids is 2. The maximum atomic E-state index is 12.6. The van der Waals surface area contributed by atoms with Gasteiger partial charge in [0.2, 0.25) is 21.8 Å². The molecule has 1 saturated heterocycles. The van der Waals surface area contributed by atoms with E-state index in [1.807, 2.05) is 38.1 Å². The van der Waals surface area contributed by atoms with Crippen molar-refractivity contribution in [3.63, 3.8) is 0 Å². The van der Waals surface area contributed by atoms with E-state index < -0.39 is 10.0 Å². The van der Waals surface area contributed by atoms with Gasteiger partial charge in [0, 0.05) is 38.2 Å². The quantitative estimate of drug-likeness (QED) is 0.669. The molecule has 29 heavy (non-hydrogen) atoms. The second-order valence-corrected chi connectivity index (χ2v) is 8.70. The molecule has 0 spiro atoms. The van der Waals surface area contributed by atoms with Gasteiger partial charge in [0.05, 0.1) is 10.6 Å². The van der Waals surface area contributed by atoms with Gasteiger partial charge in [-0.15, -0.1) is 0 Å². The Morgan fingerprint density at radius 2 is 1.55 bits per heavy atom. The second kappa shape index (κ2) is 8.75. The van der Waals surface area contributed by atoms with Crippen LogP contribution in [-0.2, 0) is 19.6 Å². The predicted octanol–water partition coefficient (Wildman–Crippen LogP) is 2.45. The van der Waals surface area contributed by atoms with Crippen molar-refractivity contribution in [1.29, 1.82) is 0 Å². The van der Waals surface area contributed by atoms with E-state index in [4.69, 9.17) is 0 Å². The van der Waals surface area contributed by atoms with Gasteiger partial charge in [-0.05, 0) is 50.2 Å². The van der Waals surface area contributed by atoms with Crippen LogP contribution in [0.1, 0.15) is 25.3 Å². The fourth-order valence-electron chi connectivity index (χ4n) is 3.26. The Kier molecular flexibility index (Phi) is 6.34. The van der Waals surface area contributed by atoms with E-state index in [-0.39, 0.29) is 36.1 Å². The highest BCUT2D eigenvalue weighted by atomic mass is 32.2. The third kappa shape index (κ3) is 4.83. The zero-order valence-corrected chi connectivity index (χ0v) is 17.4. The molecule has 1 fully saturated rings. The molecule has 0 saturated carbocycles. The fourth-order valence-corrected chi connectivity index (χ4v) is 4.28. The highest BCUT2D eigenvalue weighted by Crippen LogP contribution is 2.24. The molecule has 0 atom stereocenters. The monoisotopic (exact) mass is 415 g/mol. The van der Waals surface area contributed by atoms with Crippen LogP contribution in [-0.4, -0.2) is 39.9 Å². The first-order valence-electron chi connectivity index (χ1n) is 9.59. The molecular weight excluding hydrogens is 390 g/mol. The van der Waals surface area contributed by atoms with Gasteiger partial charge in [-0.1, -0.05) is 17.7 Å². The van der Waals surface area contributed by atoms with Crippen LogP contribution in [0.15, 0.2) is 53.4 Å². The summed E-state index contributed by atoms with van der Waals surface area (Å²) < 4.78 is 27.7. The number of benzene rings is 2. The van der Waals surface area contributed by atoms with Crippen molar-refractivity contribution < 1.29 is 18.0 Å². The molecule has 2 aromatic rings. The van der Waals surface area contributed by atoms with Crippen molar-refractivity contribution in [3.8, 4) is 0 Å². The largest absolute Gasteiger partial charge is 0.370 e. The van der Waals surface area contributed by atoms with Crippen molar-refractivity contribution in [1.82, 2.24) is 4.72 Å². The van der Waals surface area contributed by atoms with E-state index >= 15 is 0 Å². The lowest BCUT2D eigenvalue weighted by Gasteiger charge is -2.23. The van der Waals surface area contributed by atoms with E-state index in [0.29, 0.717) is 12.2 Å². The molecular formula is C21H25N3O4S. The molecule has 1 aliphatic rings. The summed E-state index contributed by atoms with van der Waals surface area (Å²) in [6.45, 7) is 5.60. The highest BCUT2D eigenvalue weighted by Gasteiger charge is 2.30. The number of hydrogen-bond donors (Lipinski definition) is 1. The average molecular weight is 416 g/mol. The summed E-state index contributed by atoms with van der Waals surface area (Å²) in [4.78, 5) is 26.9. The first kappa shape index (κ1) is 21.0. The first-order chi connectivity index (χ1) is 13.8. The minimum Gasteiger partial charge on any atom is -0.370 e. The molecule has 2 amide bonds. The van der Waals surface area contributed by atoms with Crippen LogP contribution in [0, 0.1) is 6.92 Å². The third-order valence-electron chi connectivity index (χ3n) is 4.91. The first-order valence-corrected chi connectivity index (χ1v) is 11.1. The fraction of sp³-hybridized carbons (Fsp3) is 0.333. The number of amides is 2. The van der Waals surface area contributed by atoms with Crippen molar-refractivity contribution in [2.45, 2.75) is 31.6 Å². The number of anilines is 2. The van der Waals surface area contributed by atoms with Crippen LogP contribution in [0.3, 0.4) is 0 Å². The van der Waals surface area contributed by atoms with Gasteiger partial charge >= 0.3 is 0 Å². The SMILES string of the molecule is CCN(CCNS(=O)(=O)c1ccc(N2C(=O)CCC2=O)cc1)c1ccc(C)cc1. The molecule has 0 bridgehead atoms. The lowest BCUT2D eigenvalue weighted by atomic mass is 10.2. The molecule has 0 aromatic heterocycles. The number of aryl methyl sites for hydroxylation is 1. The van der Waals surface area contributed by atoms with Gasteiger partial charge in [-0.3, -0.25) is 14.5 Å². The highest BCUT2D eigenvalue weighted by molar-refractivity contribution is 7.89. The number of rotatable bonds is 8. The van der Waals surface area contributed by atoms with Crippen LogP contribution < -0.4 is 14.5 Å². The lowest BCUT2D eigenvalue weighted by molar-refractivity contribution is -0.121. The summed E-state index contributed by atoms with van der Waals surface area (Å²) in [7, 11) is -3.69. The topological polar surface area (TPSA) is 86.8 Å². The summed E-state index contributed by atoms with van der Waals surface area (Å²) in [5.74, 6) is -0.529. The molecule has 1 aliphatic heterocycles. The van der Waals surface area contributed by atoms with Gasteiger partial charge in [0.25, 0.3) is 0 Å². The van der Waals surface area contributed by atoms with E-state index in [1.165, 1.54) is 29.8 Å². The van der Waals surface area contributed by atoms with Crippen molar-refractivity contribution in [3.05, 3.63) is 54.1 Å². The number of imide groups is 1. The third-order valence-corrected chi connectivity index (χ3v) is 6.39. The van der Waals surface area contributed by atoms with E-state index in [9.17, 15) is 18.0 Å². The summed E-state index contributed by atoms with van der Waals surface area (Å²) >= 11 is 0. The smallest absolute Gasteiger partial charge is 0.240 e. The number of sulfonamides is 1. The van der Waals surface area contributed by atoms with Crippen molar-refractivity contribution in [2.75, 3.05) is 29.4 Å². The standard InChI is InChI=1S/C21H25N3O4S/c1-3-23(17-6-4-16(2)5-7-17)15-14-22-29(27,28)19-10-8-18(9-11-19)24-20(25)12-13-21(24)26/h4-11,22H,3,12-15H2,1-2H3.